The number of nitrogens with one attached hydrogen (secondary N) is 2. The number of ether oxygens (including phenoxy) is 3. The normalized spacial score (nSPS) is 10.6. The van der Waals surface area contributed by atoms with E-state index in [0.717, 1.165) is 0 Å². The van der Waals surface area contributed by atoms with Gasteiger partial charge in [0.15, 0.2) is 16.6 Å². The molecule has 9 heteroatoms. The van der Waals surface area contributed by atoms with Crippen molar-refractivity contribution in [1.82, 2.24) is 10.7 Å². The second-order valence-corrected chi connectivity index (χ2v) is 4.27. The second-order valence-electron chi connectivity index (χ2n) is 3.86. The summed E-state index contributed by atoms with van der Waals surface area (Å²) in [6.07, 6.45) is 1.45. The molecule has 22 heavy (non-hydrogen) atoms. The van der Waals surface area contributed by atoms with Crippen molar-refractivity contribution in [3.8, 4) is 17.2 Å². The van der Waals surface area contributed by atoms with Gasteiger partial charge >= 0.3 is 6.61 Å². The minimum Gasteiger partial charge on any atom is -0.493 e. The third-order valence-corrected chi connectivity index (χ3v) is 2.64. The number of nitrogens with zero attached hydrogens (tertiary/aromatic N) is 1. The van der Waals surface area contributed by atoms with Gasteiger partial charge in [-0.3, -0.25) is 5.43 Å². The van der Waals surface area contributed by atoms with Gasteiger partial charge in [0.05, 0.1) is 20.4 Å². The lowest BCUT2D eigenvalue weighted by molar-refractivity contribution is -0.0526. The molecule has 122 valence electrons. The molecule has 0 fully saturated rings. The van der Waals surface area contributed by atoms with Crippen LogP contribution in [0.15, 0.2) is 17.2 Å². The second kappa shape index (κ2) is 8.98. The van der Waals surface area contributed by atoms with Gasteiger partial charge in [0.1, 0.15) is 0 Å². The summed E-state index contributed by atoms with van der Waals surface area (Å²) in [6.45, 7) is -0.417. The highest BCUT2D eigenvalue weighted by atomic mass is 32.1. The average molecular weight is 333 g/mol. The fourth-order valence-electron chi connectivity index (χ4n) is 1.55. The van der Waals surface area contributed by atoms with Gasteiger partial charge in [0, 0.05) is 12.1 Å². The van der Waals surface area contributed by atoms with E-state index in [-0.39, 0.29) is 17.2 Å². The molecule has 0 amide bonds. The van der Waals surface area contributed by atoms with Crippen LogP contribution in [0, 0.1) is 0 Å². The minimum atomic E-state index is -2.98. The van der Waals surface area contributed by atoms with E-state index in [0.29, 0.717) is 17.2 Å². The highest BCUT2D eigenvalue weighted by Crippen LogP contribution is 2.39. The molecule has 0 saturated heterocycles. The van der Waals surface area contributed by atoms with E-state index in [1.165, 1.54) is 32.6 Å². The van der Waals surface area contributed by atoms with E-state index in [1.807, 2.05) is 6.92 Å². The number of halogens is 2. The highest BCUT2D eigenvalue weighted by Gasteiger charge is 2.17. The van der Waals surface area contributed by atoms with Gasteiger partial charge in [-0.15, -0.1) is 0 Å². The summed E-state index contributed by atoms with van der Waals surface area (Å²) in [5, 5.41) is 7.15. The van der Waals surface area contributed by atoms with Crippen molar-refractivity contribution in [2.45, 2.75) is 13.5 Å². The quantitative estimate of drug-likeness (QED) is 0.453. The Kier molecular flexibility index (Phi) is 7.30. The van der Waals surface area contributed by atoms with Gasteiger partial charge in [-0.05, 0) is 31.3 Å². The predicted octanol–water partition coefficient (Wildman–Crippen LogP) is 2.12. The van der Waals surface area contributed by atoms with Gasteiger partial charge in [-0.2, -0.15) is 13.9 Å². The van der Waals surface area contributed by atoms with Gasteiger partial charge in [-0.25, -0.2) is 0 Å². The van der Waals surface area contributed by atoms with Crippen LogP contribution in [0.4, 0.5) is 8.78 Å². The van der Waals surface area contributed by atoms with Crippen LogP contribution in [0.2, 0.25) is 0 Å². The summed E-state index contributed by atoms with van der Waals surface area (Å²) < 4.78 is 39.3. The standard InChI is InChI=1S/C13H17F2N3O3S/c1-4-16-13(22)18-17-7-8-5-9(19-2)11(21-12(14)15)10(6-8)20-3/h5-7,12H,4H2,1-3H3,(H2,16,18,22)/b17-7-. The van der Waals surface area contributed by atoms with E-state index < -0.39 is 6.61 Å². The molecule has 6 nitrogen and oxygen atoms in total. The number of alkyl halides is 2. The Morgan fingerprint density at radius 1 is 1.32 bits per heavy atom. The van der Waals surface area contributed by atoms with E-state index in [1.54, 1.807) is 0 Å². The van der Waals surface area contributed by atoms with Gasteiger partial charge in [0.25, 0.3) is 0 Å². The molecule has 1 aromatic rings. The predicted molar refractivity (Wildman–Crippen MR) is 83.2 cm³/mol. The Hall–Kier alpha value is -2.16. The topological polar surface area (TPSA) is 64.1 Å². The lowest BCUT2D eigenvalue weighted by Crippen LogP contribution is -2.31. The van der Waals surface area contributed by atoms with Gasteiger partial charge in [-0.1, -0.05) is 0 Å². The Labute approximate surface area is 132 Å². The average Bonchev–Trinajstić information content (AvgIpc) is 2.48. The van der Waals surface area contributed by atoms with Crippen molar-refractivity contribution in [3.05, 3.63) is 17.7 Å². The number of benzene rings is 1. The molecule has 1 rings (SSSR count). The van der Waals surface area contributed by atoms with E-state index in [9.17, 15) is 8.78 Å². The van der Waals surface area contributed by atoms with Crippen molar-refractivity contribution < 1.29 is 23.0 Å². The molecule has 0 unspecified atom stereocenters. The molecule has 0 aliphatic carbocycles. The third kappa shape index (κ3) is 5.32. The molecule has 0 bridgehead atoms. The molecule has 0 aromatic heterocycles. The lowest BCUT2D eigenvalue weighted by Gasteiger charge is -2.14. The number of hydrazone groups is 1. The van der Waals surface area contributed by atoms with Crippen LogP contribution >= 0.6 is 12.2 Å². The van der Waals surface area contributed by atoms with Crippen LogP contribution in [0.3, 0.4) is 0 Å². The highest BCUT2D eigenvalue weighted by molar-refractivity contribution is 7.80. The van der Waals surface area contributed by atoms with Gasteiger partial charge < -0.3 is 19.5 Å². The fourth-order valence-corrected chi connectivity index (χ4v) is 1.74. The number of thiocarbonyl (C=S) groups is 1. The zero-order chi connectivity index (χ0) is 16.5. The van der Waals surface area contributed by atoms with Crippen molar-refractivity contribution in [2.75, 3.05) is 20.8 Å². The SMILES string of the molecule is CCNC(=S)N/N=C\c1cc(OC)c(OC(F)F)c(OC)c1. The fraction of sp³-hybridized carbons (Fsp3) is 0.385. The maximum absolute atomic E-state index is 12.4. The molecule has 0 saturated carbocycles. The first-order valence-electron chi connectivity index (χ1n) is 6.29. The number of rotatable bonds is 7. The Morgan fingerprint density at radius 2 is 1.91 bits per heavy atom. The summed E-state index contributed by atoms with van der Waals surface area (Å²) in [4.78, 5) is 0. The Balaban J connectivity index is 2.97. The molecule has 0 heterocycles. The van der Waals surface area contributed by atoms with Crippen molar-refractivity contribution in [3.63, 3.8) is 0 Å². The molecule has 0 aliphatic rings. The molecule has 1 aromatic carbocycles. The first kappa shape index (κ1) is 17.9. The monoisotopic (exact) mass is 333 g/mol. The zero-order valence-corrected chi connectivity index (χ0v) is 13.2. The maximum Gasteiger partial charge on any atom is 0.387 e. The van der Waals surface area contributed by atoms with Gasteiger partial charge in [0.2, 0.25) is 5.75 Å². The molecular weight excluding hydrogens is 316 g/mol. The van der Waals surface area contributed by atoms with Crippen molar-refractivity contribution >= 4 is 23.5 Å². The van der Waals surface area contributed by atoms with Crippen LogP contribution in [-0.4, -0.2) is 38.7 Å². The summed E-state index contributed by atoms with van der Waals surface area (Å²) in [5.74, 6) is 0.0407. The van der Waals surface area contributed by atoms with Crippen molar-refractivity contribution in [1.29, 1.82) is 0 Å². The van der Waals surface area contributed by atoms with Crippen LogP contribution in [0.25, 0.3) is 0 Å². The summed E-state index contributed by atoms with van der Waals surface area (Å²) in [5.41, 5.74) is 3.17. The number of methoxy groups -OCH3 is 2. The van der Waals surface area contributed by atoms with E-state index in [2.05, 4.69) is 20.6 Å². The Morgan fingerprint density at radius 3 is 2.36 bits per heavy atom. The molecular formula is C13H17F2N3O3S. The van der Waals surface area contributed by atoms with Crippen molar-refractivity contribution in [2.24, 2.45) is 5.10 Å². The molecule has 0 atom stereocenters. The number of hydrogen-bond acceptors (Lipinski definition) is 5. The number of hydrogen-bond donors (Lipinski definition) is 2. The van der Waals surface area contributed by atoms with Crippen LogP contribution in [0.5, 0.6) is 17.2 Å². The van der Waals surface area contributed by atoms with E-state index in [4.69, 9.17) is 21.7 Å². The zero-order valence-electron chi connectivity index (χ0n) is 12.4. The first-order valence-corrected chi connectivity index (χ1v) is 6.70. The Bertz CT molecular complexity index is 516. The van der Waals surface area contributed by atoms with Crippen LogP contribution in [0.1, 0.15) is 12.5 Å². The lowest BCUT2D eigenvalue weighted by atomic mass is 10.2. The summed E-state index contributed by atoms with van der Waals surface area (Å²) in [7, 11) is 2.68. The minimum absolute atomic E-state index is 0.107. The molecule has 0 spiro atoms. The van der Waals surface area contributed by atoms with E-state index >= 15 is 0 Å². The van der Waals surface area contributed by atoms with Crippen LogP contribution < -0.4 is 25.0 Å². The maximum atomic E-state index is 12.4. The molecule has 0 aliphatic heterocycles. The van der Waals surface area contributed by atoms with Crippen LogP contribution in [-0.2, 0) is 0 Å². The summed E-state index contributed by atoms with van der Waals surface area (Å²) >= 11 is 4.95. The molecule has 2 N–H and O–H groups in total. The largest absolute Gasteiger partial charge is 0.493 e. The first-order chi connectivity index (χ1) is 10.5. The smallest absolute Gasteiger partial charge is 0.387 e. The summed E-state index contributed by atoms with van der Waals surface area (Å²) in [6, 6.07) is 2.98. The molecule has 0 radical (unpaired) electrons. The third-order valence-electron chi connectivity index (χ3n) is 2.41.